The maximum Gasteiger partial charge on any atom is 0.254 e. The number of carbonyl (C=O) groups excluding carboxylic acids is 1. The van der Waals surface area contributed by atoms with Crippen molar-refractivity contribution in [2.75, 3.05) is 0 Å². The first kappa shape index (κ1) is 13.8. The summed E-state index contributed by atoms with van der Waals surface area (Å²) < 4.78 is 1.94. The first-order valence-electron chi connectivity index (χ1n) is 7.64. The van der Waals surface area contributed by atoms with Gasteiger partial charge in [-0.1, -0.05) is 17.7 Å². The quantitative estimate of drug-likeness (QED) is 0.856. The molecule has 3 heterocycles. The lowest BCUT2D eigenvalue weighted by Gasteiger charge is -2.39. The fourth-order valence-electron chi connectivity index (χ4n) is 3.87. The molecule has 2 fully saturated rings. The van der Waals surface area contributed by atoms with Gasteiger partial charge in [0, 0.05) is 22.7 Å². The van der Waals surface area contributed by atoms with Crippen LogP contribution in [0.5, 0.6) is 0 Å². The van der Waals surface area contributed by atoms with Gasteiger partial charge in [-0.05, 0) is 43.9 Å². The van der Waals surface area contributed by atoms with Crippen LogP contribution in [0.25, 0.3) is 0 Å². The van der Waals surface area contributed by atoms with Crippen molar-refractivity contribution < 1.29 is 4.79 Å². The van der Waals surface area contributed by atoms with E-state index in [4.69, 9.17) is 11.6 Å². The van der Waals surface area contributed by atoms with Crippen LogP contribution in [-0.4, -0.2) is 37.7 Å². The zero-order valence-electron chi connectivity index (χ0n) is 12.1. The molecular formula is C16H17ClN4O. The van der Waals surface area contributed by atoms with Gasteiger partial charge in [-0.15, -0.1) is 0 Å². The minimum Gasteiger partial charge on any atom is -0.333 e. The van der Waals surface area contributed by atoms with Crippen LogP contribution >= 0.6 is 11.6 Å². The zero-order chi connectivity index (χ0) is 15.1. The molecule has 4 rings (SSSR count). The van der Waals surface area contributed by atoms with Gasteiger partial charge in [0.2, 0.25) is 0 Å². The Morgan fingerprint density at radius 2 is 1.95 bits per heavy atom. The Labute approximate surface area is 133 Å². The predicted molar refractivity (Wildman–Crippen MR) is 82.7 cm³/mol. The molecule has 2 aliphatic heterocycles. The summed E-state index contributed by atoms with van der Waals surface area (Å²) in [6.45, 7) is 0. The summed E-state index contributed by atoms with van der Waals surface area (Å²) in [5.41, 5.74) is 0.684. The van der Waals surface area contributed by atoms with E-state index in [0.29, 0.717) is 28.7 Å². The molecule has 114 valence electrons. The van der Waals surface area contributed by atoms with E-state index in [0.717, 1.165) is 25.7 Å². The molecule has 5 nitrogen and oxygen atoms in total. The van der Waals surface area contributed by atoms with Gasteiger partial charge in [0.1, 0.15) is 12.7 Å². The minimum absolute atomic E-state index is 0.104. The van der Waals surface area contributed by atoms with E-state index < -0.39 is 0 Å². The van der Waals surface area contributed by atoms with Crippen LogP contribution in [0.15, 0.2) is 36.9 Å². The topological polar surface area (TPSA) is 51.0 Å². The molecule has 1 aromatic carbocycles. The van der Waals surface area contributed by atoms with E-state index in [-0.39, 0.29) is 5.91 Å². The second-order valence-electron chi connectivity index (χ2n) is 6.11. The molecule has 0 saturated carbocycles. The molecule has 0 spiro atoms. The van der Waals surface area contributed by atoms with Crippen molar-refractivity contribution in [3.05, 3.63) is 47.5 Å². The Hall–Kier alpha value is -1.88. The van der Waals surface area contributed by atoms with Gasteiger partial charge in [-0.3, -0.25) is 4.79 Å². The lowest BCUT2D eigenvalue weighted by atomic mass is 9.96. The van der Waals surface area contributed by atoms with E-state index in [1.54, 1.807) is 24.8 Å². The molecule has 1 aromatic heterocycles. The van der Waals surface area contributed by atoms with E-state index in [1.807, 2.05) is 16.8 Å². The highest BCUT2D eigenvalue weighted by atomic mass is 35.5. The molecule has 1 amide bonds. The smallest absolute Gasteiger partial charge is 0.254 e. The van der Waals surface area contributed by atoms with Crippen LogP contribution in [0.4, 0.5) is 0 Å². The summed E-state index contributed by atoms with van der Waals surface area (Å²) in [6, 6.07) is 8.16. The molecule has 2 aromatic rings. The van der Waals surface area contributed by atoms with Crippen molar-refractivity contribution in [1.29, 1.82) is 0 Å². The number of rotatable bonds is 2. The van der Waals surface area contributed by atoms with Crippen LogP contribution < -0.4 is 0 Å². The van der Waals surface area contributed by atoms with Gasteiger partial charge < -0.3 is 4.90 Å². The highest BCUT2D eigenvalue weighted by molar-refractivity contribution is 6.30. The number of amides is 1. The number of carbonyl (C=O) groups is 1. The third-order valence-corrected chi connectivity index (χ3v) is 5.06. The highest BCUT2D eigenvalue weighted by Crippen LogP contribution is 2.41. The van der Waals surface area contributed by atoms with Gasteiger partial charge in [0.15, 0.2) is 0 Å². The maximum absolute atomic E-state index is 12.8. The number of halogens is 1. The van der Waals surface area contributed by atoms with Gasteiger partial charge in [0.25, 0.3) is 5.91 Å². The Morgan fingerprint density at radius 1 is 1.18 bits per heavy atom. The molecular weight excluding hydrogens is 300 g/mol. The molecule has 2 unspecified atom stereocenters. The Kier molecular flexibility index (Phi) is 3.37. The Balaban J connectivity index is 1.56. The van der Waals surface area contributed by atoms with Gasteiger partial charge in [-0.2, -0.15) is 5.10 Å². The number of nitrogens with zero attached hydrogens (tertiary/aromatic N) is 4. The van der Waals surface area contributed by atoms with Crippen molar-refractivity contribution in [3.63, 3.8) is 0 Å². The van der Waals surface area contributed by atoms with E-state index in [9.17, 15) is 4.79 Å². The fraction of sp³-hybridized carbons (Fsp3) is 0.438. The van der Waals surface area contributed by atoms with Gasteiger partial charge in [-0.25, -0.2) is 9.67 Å². The van der Waals surface area contributed by atoms with Crippen molar-refractivity contribution in [3.8, 4) is 0 Å². The number of hydrogen-bond donors (Lipinski definition) is 0. The predicted octanol–water partition coefficient (Wildman–Crippen LogP) is 2.94. The molecule has 0 aliphatic carbocycles. The third-order valence-electron chi connectivity index (χ3n) is 4.83. The summed E-state index contributed by atoms with van der Waals surface area (Å²) in [5.74, 6) is 0.104. The number of hydrogen-bond acceptors (Lipinski definition) is 3. The van der Waals surface area contributed by atoms with Crippen LogP contribution in [0, 0.1) is 0 Å². The van der Waals surface area contributed by atoms with Crippen molar-refractivity contribution in [2.45, 2.75) is 43.8 Å². The maximum atomic E-state index is 12.8. The molecule has 2 bridgehead atoms. The van der Waals surface area contributed by atoms with E-state index >= 15 is 0 Å². The van der Waals surface area contributed by atoms with Gasteiger partial charge >= 0.3 is 0 Å². The van der Waals surface area contributed by atoms with Crippen molar-refractivity contribution in [2.24, 2.45) is 0 Å². The van der Waals surface area contributed by atoms with Crippen molar-refractivity contribution in [1.82, 2.24) is 19.7 Å². The lowest BCUT2D eigenvalue weighted by molar-refractivity contribution is 0.0524. The second kappa shape index (κ2) is 5.39. The Bertz CT molecular complexity index is 673. The molecule has 2 atom stereocenters. The van der Waals surface area contributed by atoms with E-state index in [1.165, 1.54) is 0 Å². The lowest BCUT2D eigenvalue weighted by Crippen LogP contribution is -2.47. The highest BCUT2D eigenvalue weighted by Gasteiger charge is 2.44. The summed E-state index contributed by atoms with van der Waals surface area (Å²) in [5, 5.41) is 4.87. The van der Waals surface area contributed by atoms with Crippen LogP contribution in [0.3, 0.4) is 0 Å². The third kappa shape index (κ3) is 2.29. The largest absolute Gasteiger partial charge is 0.333 e. The summed E-state index contributed by atoms with van der Waals surface area (Å²) in [7, 11) is 0. The first-order valence-corrected chi connectivity index (χ1v) is 8.02. The number of aromatic nitrogens is 3. The number of benzene rings is 1. The average Bonchev–Trinajstić information content (AvgIpc) is 3.13. The Morgan fingerprint density at radius 3 is 2.59 bits per heavy atom. The number of piperidine rings is 1. The molecule has 22 heavy (non-hydrogen) atoms. The second-order valence-corrected chi connectivity index (χ2v) is 6.54. The minimum atomic E-state index is 0.104. The van der Waals surface area contributed by atoms with Crippen LogP contribution in [-0.2, 0) is 0 Å². The number of fused-ring (bicyclic) bond motifs is 2. The summed E-state index contributed by atoms with van der Waals surface area (Å²) >= 11 is 6.02. The summed E-state index contributed by atoms with van der Waals surface area (Å²) in [6.07, 6.45) is 7.40. The molecule has 2 saturated heterocycles. The fourth-order valence-corrected chi connectivity index (χ4v) is 4.06. The molecule has 0 N–H and O–H groups in total. The summed E-state index contributed by atoms with van der Waals surface area (Å²) in [4.78, 5) is 18.9. The SMILES string of the molecule is O=C(c1cccc(Cl)c1)N1C2CCC1CC(n1cncn1)C2. The molecule has 0 radical (unpaired) electrons. The first-order chi connectivity index (χ1) is 10.7. The molecule has 2 aliphatic rings. The zero-order valence-corrected chi connectivity index (χ0v) is 12.9. The standard InChI is InChI=1S/C16H17ClN4O/c17-12-3-1-2-11(6-12)16(22)21-13-4-5-14(21)8-15(7-13)20-10-18-9-19-20/h1-3,6,9-10,13-15H,4-5,7-8H2. The van der Waals surface area contributed by atoms with Crippen LogP contribution in [0.1, 0.15) is 42.1 Å². The average molecular weight is 317 g/mol. The van der Waals surface area contributed by atoms with E-state index in [2.05, 4.69) is 15.0 Å². The van der Waals surface area contributed by atoms with Gasteiger partial charge in [0.05, 0.1) is 6.04 Å². The monoisotopic (exact) mass is 316 g/mol. The van der Waals surface area contributed by atoms with Crippen LogP contribution in [0.2, 0.25) is 5.02 Å². The molecule has 6 heteroatoms. The van der Waals surface area contributed by atoms with Crippen molar-refractivity contribution >= 4 is 17.5 Å². The normalized spacial score (nSPS) is 27.1.